The zero-order valence-corrected chi connectivity index (χ0v) is 15.2. The molecular formula is C19H27N3O3. The van der Waals surface area contributed by atoms with Crippen LogP contribution < -0.4 is 10.1 Å². The number of anilines is 1. The lowest BCUT2D eigenvalue weighted by Gasteiger charge is -2.43. The van der Waals surface area contributed by atoms with Crippen LogP contribution >= 0.6 is 0 Å². The molecule has 0 spiro atoms. The van der Waals surface area contributed by atoms with Crippen molar-refractivity contribution >= 4 is 17.5 Å². The van der Waals surface area contributed by atoms with Gasteiger partial charge in [0.15, 0.2) is 0 Å². The molecule has 1 saturated carbocycles. The Morgan fingerprint density at radius 3 is 2.48 bits per heavy atom. The van der Waals surface area contributed by atoms with Crippen molar-refractivity contribution in [2.24, 2.45) is 5.92 Å². The van der Waals surface area contributed by atoms with Gasteiger partial charge in [-0.3, -0.25) is 9.59 Å². The highest BCUT2D eigenvalue weighted by Gasteiger charge is 2.45. The number of nitrogens with zero attached hydrogens (tertiary/aromatic N) is 2. The van der Waals surface area contributed by atoms with E-state index in [0.29, 0.717) is 25.9 Å². The Bertz CT molecular complexity index is 647. The van der Waals surface area contributed by atoms with Gasteiger partial charge in [0, 0.05) is 44.9 Å². The van der Waals surface area contributed by atoms with Crippen molar-refractivity contribution in [2.75, 3.05) is 39.6 Å². The topological polar surface area (TPSA) is 61.9 Å². The summed E-state index contributed by atoms with van der Waals surface area (Å²) in [6, 6.07) is 7.62. The number of likely N-dealkylation sites (N-methyl/N-ethyl adjacent to an activating group) is 1. The summed E-state index contributed by atoms with van der Waals surface area (Å²) in [5.74, 6) is 1.28. The average molecular weight is 345 g/mol. The summed E-state index contributed by atoms with van der Waals surface area (Å²) in [5, 5.41) is 3.45. The minimum atomic E-state index is -0.684. The predicted octanol–water partition coefficient (Wildman–Crippen LogP) is 1.97. The molecule has 0 aromatic heterocycles. The highest BCUT2D eigenvalue weighted by molar-refractivity contribution is 5.90. The van der Waals surface area contributed by atoms with E-state index in [2.05, 4.69) is 5.32 Å². The van der Waals surface area contributed by atoms with E-state index >= 15 is 0 Å². The van der Waals surface area contributed by atoms with Gasteiger partial charge in [0.05, 0.1) is 7.11 Å². The molecule has 1 aromatic rings. The number of amides is 2. The van der Waals surface area contributed by atoms with E-state index in [0.717, 1.165) is 24.3 Å². The summed E-state index contributed by atoms with van der Waals surface area (Å²) in [7, 11) is 5.18. The lowest BCUT2D eigenvalue weighted by molar-refractivity contribution is -0.140. The Hall–Kier alpha value is -2.24. The minimum absolute atomic E-state index is 0.0499. The van der Waals surface area contributed by atoms with E-state index in [1.54, 1.807) is 26.1 Å². The van der Waals surface area contributed by atoms with Gasteiger partial charge >= 0.3 is 0 Å². The highest BCUT2D eigenvalue weighted by Crippen LogP contribution is 2.35. The van der Waals surface area contributed by atoms with Crippen molar-refractivity contribution in [1.82, 2.24) is 9.80 Å². The molecule has 1 aliphatic heterocycles. The van der Waals surface area contributed by atoms with Gasteiger partial charge in [0.25, 0.3) is 0 Å². The number of rotatable bonds is 5. The van der Waals surface area contributed by atoms with E-state index in [9.17, 15) is 9.59 Å². The van der Waals surface area contributed by atoms with Crippen molar-refractivity contribution in [3.8, 4) is 5.75 Å². The summed E-state index contributed by atoms with van der Waals surface area (Å²) in [5.41, 5.74) is 0.174. The molecule has 1 aliphatic carbocycles. The molecule has 2 amide bonds. The Labute approximate surface area is 149 Å². The number of hydrogen-bond donors (Lipinski definition) is 1. The Morgan fingerprint density at radius 2 is 1.92 bits per heavy atom. The van der Waals surface area contributed by atoms with Crippen LogP contribution in [0.1, 0.15) is 25.7 Å². The summed E-state index contributed by atoms with van der Waals surface area (Å²) in [4.78, 5) is 28.8. The SMILES string of the molecule is COc1cccc(NC2(C(=O)N(C)C)CCN(C(=O)C3CC3)CC2)c1. The number of ether oxygens (including phenoxy) is 1. The first-order valence-corrected chi connectivity index (χ1v) is 8.88. The van der Waals surface area contributed by atoms with E-state index in [1.807, 2.05) is 29.2 Å². The van der Waals surface area contributed by atoms with Crippen molar-refractivity contribution < 1.29 is 14.3 Å². The smallest absolute Gasteiger partial charge is 0.247 e. The minimum Gasteiger partial charge on any atom is -0.497 e. The fraction of sp³-hybridized carbons (Fsp3) is 0.579. The molecule has 0 atom stereocenters. The van der Waals surface area contributed by atoms with Crippen LogP contribution in [0.15, 0.2) is 24.3 Å². The zero-order valence-electron chi connectivity index (χ0n) is 15.2. The lowest BCUT2D eigenvalue weighted by Crippen LogP contribution is -2.58. The number of carbonyl (C=O) groups excluding carboxylic acids is 2. The molecule has 1 aromatic carbocycles. The third-order valence-electron chi connectivity index (χ3n) is 5.12. The van der Waals surface area contributed by atoms with E-state index in [4.69, 9.17) is 4.74 Å². The third-order valence-corrected chi connectivity index (χ3v) is 5.12. The van der Waals surface area contributed by atoms with Gasteiger partial charge < -0.3 is 19.9 Å². The molecule has 1 N–H and O–H groups in total. The first kappa shape index (κ1) is 17.6. The molecule has 6 heteroatoms. The molecule has 1 saturated heterocycles. The highest BCUT2D eigenvalue weighted by atomic mass is 16.5. The Kier molecular flexibility index (Phi) is 4.88. The lowest BCUT2D eigenvalue weighted by atomic mass is 9.85. The molecule has 1 heterocycles. The Morgan fingerprint density at radius 1 is 1.24 bits per heavy atom. The maximum Gasteiger partial charge on any atom is 0.247 e. The van der Waals surface area contributed by atoms with E-state index < -0.39 is 5.54 Å². The van der Waals surface area contributed by atoms with Crippen LogP contribution in [-0.2, 0) is 9.59 Å². The second-order valence-corrected chi connectivity index (χ2v) is 7.24. The van der Waals surface area contributed by atoms with Crippen LogP contribution in [0.4, 0.5) is 5.69 Å². The maximum absolute atomic E-state index is 12.9. The van der Waals surface area contributed by atoms with Gasteiger partial charge in [-0.1, -0.05) is 6.07 Å². The summed E-state index contributed by atoms with van der Waals surface area (Å²) >= 11 is 0. The van der Waals surface area contributed by atoms with E-state index in [-0.39, 0.29) is 17.7 Å². The molecule has 2 fully saturated rings. The number of hydrogen-bond acceptors (Lipinski definition) is 4. The fourth-order valence-corrected chi connectivity index (χ4v) is 3.49. The standard InChI is InChI=1S/C19H27N3O3/c1-21(2)18(24)19(20-15-5-4-6-16(13-15)25-3)9-11-22(12-10-19)17(23)14-7-8-14/h4-6,13-14,20H,7-12H2,1-3H3. The predicted molar refractivity (Wildman–Crippen MR) is 96.6 cm³/mol. The van der Waals surface area contributed by atoms with Crippen molar-refractivity contribution in [3.63, 3.8) is 0 Å². The molecule has 0 bridgehead atoms. The van der Waals surface area contributed by atoms with Crippen molar-refractivity contribution in [1.29, 1.82) is 0 Å². The first-order chi connectivity index (χ1) is 11.9. The number of nitrogens with one attached hydrogen (secondary N) is 1. The van der Waals surface area contributed by atoms with E-state index in [1.165, 1.54) is 0 Å². The normalized spacial score (nSPS) is 19.2. The number of likely N-dealkylation sites (tertiary alicyclic amines) is 1. The Balaban J connectivity index is 1.77. The molecule has 6 nitrogen and oxygen atoms in total. The summed E-state index contributed by atoms with van der Waals surface area (Å²) in [6.07, 6.45) is 3.25. The second-order valence-electron chi connectivity index (χ2n) is 7.24. The van der Waals surface area contributed by atoms with Crippen molar-refractivity contribution in [3.05, 3.63) is 24.3 Å². The van der Waals surface area contributed by atoms with Crippen LogP contribution in [0.3, 0.4) is 0 Å². The fourth-order valence-electron chi connectivity index (χ4n) is 3.49. The third kappa shape index (κ3) is 3.72. The zero-order chi connectivity index (χ0) is 18.0. The largest absolute Gasteiger partial charge is 0.497 e. The van der Waals surface area contributed by atoms with Crippen LogP contribution in [0.25, 0.3) is 0 Å². The molecule has 25 heavy (non-hydrogen) atoms. The quantitative estimate of drug-likeness (QED) is 0.886. The molecule has 2 aliphatic rings. The first-order valence-electron chi connectivity index (χ1n) is 8.88. The number of benzene rings is 1. The second kappa shape index (κ2) is 6.94. The average Bonchev–Trinajstić information content (AvgIpc) is 3.46. The van der Waals surface area contributed by atoms with Gasteiger partial charge in [0.2, 0.25) is 11.8 Å². The van der Waals surface area contributed by atoms with Gasteiger partial charge in [-0.05, 0) is 37.8 Å². The van der Waals surface area contributed by atoms with Crippen LogP contribution in [-0.4, -0.2) is 61.4 Å². The molecular weight excluding hydrogens is 318 g/mol. The summed E-state index contributed by atoms with van der Waals surface area (Å²) in [6.45, 7) is 1.23. The molecule has 3 rings (SSSR count). The molecule has 136 valence electrons. The van der Waals surface area contributed by atoms with Gasteiger partial charge in [-0.2, -0.15) is 0 Å². The maximum atomic E-state index is 12.9. The van der Waals surface area contributed by atoms with Crippen LogP contribution in [0, 0.1) is 5.92 Å². The van der Waals surface area contributed by atoms with Crippen molar-refractivity contribution in [2.45, 2.75) is 31.2 Å². The van der Waals surface area contributed by atoms with Gasteiger partial charge in [-0.15, -0.1) is 0 Å². The number of carbonyl (C=O) groups is 2. The number of piperidine rings is 1. The molecule has 0 radical (unpaired) electrons. The summed E-state index contributed by atoms with van der Waals surface area (Å²) < 4.78 is 5.28. The van der Waals surface area contributed by atoms with Crippen LogP contribution in [0.5, 0.6) is 5.75 Å². The van der Waals surface area contributed by atoms with Crippen LogP contribution in [0.2, 0.25) is 0 Å². The van der Waals surface area contributed by atoms with Gasteiger partial charge in [-0.25, -0.2) is 0 Å². The molecule has 0 unspecified atom stereocenters. The number of methoxy groups -OCH3 is 1. The van der Waals surface area contributed by atoms with Gasteiger partial charge in [0.1, 0.15) is 11.3 Å². The monoisotopic (exact) mass is 345 g/mol.